The third-order valence-electron chi connectivity index (χ3n) is 3.38. The number of halogens is 3. The first-order valence-electron chi connectivity index (χ1n) is 7.22. The average Bonchev–Trinajstić information content (AvgIpc) is 2.93. The number of aromatic nitrogens is 3. The fraction of sp³-hybridized carbons (Fsp3) is 0.176. The number of benzene rings is 2. The summed E-state index contributed by atoms with van der Waals surface area (Å²) >= 11 is 0. The SMILES string of the molecule is Cc1ccc(Oc2nnn(Cc3ccccc3)c2C(F)(F)F)cc1. The van der Waals surface area contributed by atoms with Gasteiger partial charge < -0.3 is 4.74 Å². The number of alkyl halides is 3. The Hall–Kier alpha value is -2.83. The van der Waals surface area contributed by atoms with E-state index in [1.54, 1.807) is 54.6 Å². The molecule has 0 aliphatic carbocycles. The van der Waals surface area contributed by atoms with Gasteiger partial charge in [0.15, 0.2) is 0 Å². The third-order valence-corrected chi connectivity index (χ3v) is 3.38. The summed E-state index contributed by atoms with van der Waals surface area (Å²) in [5.74, 6) is -0.278. The molecule has 0 aliphatic heterocycles. The van der Waals surface area contributed by atoms with Gasteiger partial charge in [0.05, 0.1) is 6.54 Å². The quantitative estimate of drug-likeness (QED) is 0.708. The van der Waals surface area contributed by atoms with Crippen LogP contribution in [-0.2, 0) is 12.7 Å². The van der Waals surface area contributed by atoms with E-state index in [0.717, 1.165) is 10.2 Å². The molecule has 0 N–H and O–H groups in total. The van der Waals surface area contributed by atoms with Crippen molar-refractivity contribution in [3.05, 3.63) is 71.4 Å². The minimum absolute atomic E-state index is 0.0417. The van der Waals surface area contributed by atoms with E-state index in [-0.39, 0.29) is 12.3 Å². The Morgan fingerprint density at radius 2 is 1.67 bits per heavy atom. The maximum atomic E-state index is 13.4. The molecule has 3 aromatic rings. The summed E-state index contributed by atoms with van der Waals surface area (Å²) in [5.41, 5.74) is 0.660. The maximum Gasteiger partial charge on any atom is 0.438 e. The maximum absolute atomic E-state index is 13.4. The highest BCUT2D eigenvalue weighted by molar-refractivity contribution is 5.32. The largest absolute Gasteiger partial charge is 0.438 e. The molecular formula is C17H14F3N3O. The van der Waals surface area contributed by atoms with E-state index in [0.29, 0.717) is 5.56 Å². The Labute approximate surface area is 136 Å². The van der Waals surface area contributed by atoms with Gasteiger partial charge in [-0.1, -0.05) is 58.3 Å². The van der Waals surface area contributed by atoms with Gasteiger partial charge in [-0.25, -0.2) is 4.68 Å². The van der Waals surface area contributed by atoms with Crippen molar-refractivity contribution < 1.29 is 17.9 Å². The van der Waals surface area contributed by atoms with Crippen LogP contribution in [0.25, 0.3) is 0 Å². The van der Waals surface area contributed by atoms with Crippen molar-refractivity contribution in [3.63, 3.8) is 0 Å². The van der Waals surface area contributed by atoms with Gasteiger partial charge in [0.1, 0.15) is 5.75 Å². The Bertz CT molecular complexity index is 811. The first-order valence-corrected chi connectivity index (χ1v) is 7.22. The van der Waals surface area contributed by atoms with Gasteiger partial charge in [-0.3, -0.25) is 0 Å². The van der Waals surface area contributed by atoms with Crippen LogP contribution in [0.1, 0.15) is 16.8 Å². The highest BCUT2D eigenvalue weighted by Crippen LogP contribution is 2.37. The molecule has 0 aliphatic rings. The highest BCUT2D eigenvalue weighted by Gasteiger charge is 2.40. The van der Waals surface area contributed by atoms with Crippen LogP contribution in [0, 0.1) is 6.92 Å². The zero-order valence-electron chi connectivity index (χ0n) is 12.8. The van der Waals surface area contributed by atoms with Crippen LogP contribution in [0.15, 0.2) is 54.6 Å². The van der Waals surface area contributed by atoms with E-state index in [4.69, 9.17) is 4.74 Å². The van der Waals surface area contributed by atoms with Crippen LogP contribution < -0.4 is 4.74 Å². The molecule has 2 aromatic carbocycles. The fourth-order valence-corrected chi connectivity index (χ4v) is 2.22. The van der Waals surface area contributed by atoms with Gasteiger partial charge in [-0.05, 0) is 24.6 Å². The van der Waals surface area contributed by atoms with E-state index >= 15 is 0 Å². The second kappa shape index (κ2) is 6.35. The fourth-order valence-electron chi connectivity index (χ4n) is 2.22. The van der Waals surface area contributed by atoms with Crippen LogP contribution in [0.5, 0.6) is 11.6 Å². The Morgan fingerprint density at radius 3 is 2.29 bits per heavy atom. The number of nitrogens with zero attached hydrogens (tertiary/aromatic N) is 3. The van der Waals surface area contributed by atoms with Gasteiger partial charge in [-0.15, -0.1) is 0 Å². The zero-order chi connectivity index (χ0) is 17.2. The Balaban J connectivity index is 1.93. The van der Waals surface area contributed by atoms with E-state index in [1.165, 1.54) is 0 Å². The van der Waals surface area contributed by atoms with Crippen molar-refractivity contribution in [1.29, 1.82) is 0 Å². The summed E-state index contributed by atoms with van der Waals surface area (Å²) in [6, 6.07) is 15.4. The summed E-state index contributed by atoms with van der Waals surface area (Å²) in [6.07, 6.45) is -4.63. The molecule has 0 saturated heterocycles. The average molecular weight is 333 g/mol. The number of aryl methyl sites for hydroxylation is 1. The number of ether oxygens (including phenoxy) is 1. The summed E-state index contributed by atoms with van der Waals surface area (Å²) in [4.78, 5) is 0. The number of rotatable bonds is 4. The van der Waals surface area contributed by atoms with Crippen LogP contribution in [0.3, 0.4) is 0 Å². The van der Waals surface area contributed by atoms with Crippen molar-refractivity contribution in [2.75, 3.05) is 0 Å². The van der Waals surface area contributed by atoms with Crippen LogP contribution in [0.2, 0.25) is 0 Å². The summed E-state index contributed by atoms with van der Waals surface area (Å²) in [5, 5.41) is 7.18. The van der Waals surface area contributed by atoms with Crippen LogP contribution in [0.4, 0.5) is 13.2 Å². The summed E-state index contributed by atoms with van der Waals surface area (Å²) < 4.78 is 46.4. The third kappa shape index (κ3) is 3.56. The molecular weight excluding hydrogens is 319 g/mol. The van der Waals surface area contributed by atoms with Gasteiger partial charge >= 0.3 is 6.18 Å². The number of hydrogen-bond donors (Lipinski definition) is 0. The van der Waals surface area contributed by atoms with Gasteiger partial charge in [0, 0.05) is 0 Å². The van der Waals surface area contributed by atoms with E-state index in [9.17, 15) is 13.2 Å². The summed E-state index contributed by atoms with van der Waals surface area (Å²) in [7, 11) is 0. The smallest absolute Gasteiger partial charge is 0.436 e. The minimum atomic E-state index is -4.63. The predicted molar refractivity (Wildman–Crippen MR) is 81.8 cm³/mol. The summed E-state index contributed by atoms with van der Waals surface area (Å²) in [6.45, 7) is 1.83. The normalized spacial score (nSPS) is 11.5. The first-order chi connectivity index (χ1) is 11.4. The molecule has 0 atom stereocenters. The highest BCUT2D eigenvalue weighted by atomic mass is 19.4. The van der Waals surface area contributed by atoms with Crippen molar-refractivity contribution in [2.45, 2.75) is 19.6 Å². The molecule has 1 aromatic heterocycles. The molecule has 24 heavy (non-hydrogen) atoms. The Morgan fingerprint density at radius 1 is 1.00 bits per heavy atom. The van der Waals surface area contributed by atoms with Crippen molar-refractivity contribution in [2.24, 2.45) is 0 Å². The number of hydrogen-bond acceptors (Lipinski definition) is 3. The zero-order valence-corrected chi connectivity index (χ0v) is 12.8. The minimum Gasteiger partial charge on any atom is -0.436 e. The van der Waals surface area contributed by atoms with Crippen molar-refractivity contribution in [3.8, 4) is 11.6 Å². The lowest BCUT2D eigenvalue weighted by Gasteiger charge is -2.11. The lowest BCUT2D eigenvalue weighted by atomic mass is 10.2. The molecule has 4 nitrogen and oxygen atoms in total. The van der Waals surface area contributed by atoms with E-state index in [2.05, 4.69) is 10.3 Å². The molecule has 0 bridgehead atoms. The van der Waals surface area contributed by atoms with Crippen molar-refractivity contribution >= 4 is 0 Å². The molecule has 0 unspecified atom stereocenters. The van der Waals surface area contributed by atoms with Gasteiger partial charge in [0.25, 0.3) is 5.88 Å². The molecule has 0 amide bonds. The van der Waals surface area contributed by atoms with Gasteiger partial charge in [0.2, 0.25) is 5.69 Å². The second-order valence-electron chi connectivity index (χ2n) is 5.30. The molecule has 7 heteroatoms. The molecule has 0 spiro atoms. The van der Waals surface area contributed by atoms with Crippen molar-refractivity contribution in [1.82, 2.24) is 15.0 Å². The van der Waals surface area contributed by atoms with E-state index in [1.807, 2.05) is 6.92 Å². The monoisotopic (exact) mass is 333 g/mol. The molecule has 124 valence electrons. The second-order valence-corrected chi connectivity index (χ2v) is 5.30. The standard InChI is InChI=1S/C17H14F3N3O/c1-12-7-9-14(10-8-12)24-16-15(17(18,19)20)23(22-21-16)11-13-5-3-2-4-6-13/h2-10H,11H2,1H3. The predicted octanol–water partition coefficient (Wildman–Crippen LogP) is 4.45. The van der Waals surface area contributed by atoms with E-state index < -0.39 is 17.8 Å². The lowest BCUT2D eigenvalue weighted by molar-refractivity contribution is -0.145. The van der Waals surface area contributed by atoms with Gasteiger partial charge in [-0.2, -0.15) is 13.2 Å². The molecule has 0 radical (unpaired) electrons. The Kier molecular flexibility index (Phi) is 4.24. The van der Waals surface area contributed by atoms with Crippen LogP contribution in [-0.4, -0.2) is 15.0 Å². The molecule has 0 fully saturated rings. The topological polar surface area (TPSA) is 39.9 Å². The molecule has 3 rings (SSSR count). The lowest BCUT2D eigenvalue weighted by Crippen LogP contribution is -2.16. The first kappa shape index (κ1) is 16.0. The molecule has 0 saturated carbocycles. The molecule has 1 heterocycles. The van der Waals surface area contributed by atoms with Crippen LogP contribution >= 0.6 is 0 Å².